The molecule has 8 heteroatoms. The third-order valence-electron chi connectivity index (χ3n) is 5.31. The number of ether oxygens (including phenoxy) is 1. The molecule has 7 nitrogen and oxygen atoms in total. The average Bonchev–Trinajstić information content (AvgIpc) is 2.78. The minimum absolute atomic E-state index is 0.0703. The number of amides is 2. The number of guanidine groups is 1. The summed E-state index contributed by atoms with van der Waals surface area (Å²) in [6.45, 7) is 6.79. The summed E-state index contributed by atoms with van der Waals surface area (Å²) in [5.41, 5.74) is 1.26. The third-order valence-corrected chi connectivity index (χ3v) is 5.62. The highest BCUT2D eigenvalue weighted by atomic mass is 35.5. The summed E-state index contributed by atoms with van der Waals surface area (Å²) in [6, 6.07) is 5.12. The lowest BCUT2D eigenvalue weighted by atomic mass is 9.97. The number of nitrogens with zero attached hydrogens (tertiary/aromatic N) is 4. The van der Waals surface area contributed by atoms with Crippen molar-refractivity contribution in [3.8, 4) is 5.75 Å². The van der Waals surface area contributed by atoms with Crippen LogP contribution in [0.25, 0.3) is 0 Å². The first-order valence-electron chi connectivity index (χ1n) is 10.4. The minimum atomic E-state index is -0.381. The molecule has 1 aromatic rings. The fourth-order valence-corrected chi connectivity index (χ4v) is 3.76. The van der Waals surface area contributed by atoms with Crippen LogP contribution in [0.4, 0.5) is 0 Å². The van der Waals surface area contributed by atoms with E-state index in [1.54, 1.807) is 23.1 Å². The fourth-order valence-electron chi connectivity index (χ4n) is 3.59. The van der Waals surface area contributed by atoms with E-state index in [0.717, 1.165) is 0 Å². The van der Waals surface area contributed by atoms with E-state index in [2.05, 4.69) is 23.8 Å². The van der Waals surface area contributed by atoms with Crippen molar-refractivity contribution in [2.24, 2.45) is 21.8 Å². The van der Waals surface area contributed by atoms with Crippen molar-refractivity contribution in [2.75, 3.05) is 32.8 Å². The van der Waals surface area contributed by atoms with Crippen LogP contribution in [-0.2, 0) is 4.79 Å². The van der Waals surface area contributed by atoms with Crippen LogP contribution in [0.1, 0.15) is 24.2 Å². The fraction of sp³-hybridized carbons (Fsp3) is 0.391. The molecule has 0 bridgehead atoms. The number of fused-ring (bicyclic) bond motifs is 1. The summed E-state index contributed by atoms with van der Waals surface area (Å²) in [4.78, 5) is 37.8. The molecule has 162 valence electrons. The zero-order valence-corrected chi connectivity index (χ0v) is 18.4. The van der Waals surface area contributed by atoms with Gasteiger partial charge in [-0.3, -0.25) is 9.59 Å². The molecule has 2 aliphatic heterocycles. The van der Waals surface area contributed by atoms with E-state index in [1.165, 1.54) is 0 Å². The Labute approximate surface area is 186 Å². The zero-order chi connectivity index (χ0) is 22.0. The normalized spacial score (nSPS) is 20.5. The Hall–Kier alpha value is -2.93. The molecule has 1 fully saturated rings. The number of rotatable bonds is 4. The summed E-state index contributed by atoms with van der Waals surface area (Å²) in [7, 11) is 0. The molecule has 0 radical (unpaired) electrons. The Balaban J connectivity index is 1.40. The van der Waals surface area contributed by atoms with E-state index >= 15 is 0 Å². The van der Waals surface area contributed by atoms with Crippen LogP contribution in [0.2, 0.25) is 5.02 Å². The van der Waals surface area contributed by atoms with E-state index in [0.29, 0.717) is 66.7 Å². The Morgan fingerprint density at radius 2 is 1.97 bits per heavy atom. The standard InChI is InChI=1S/C23H25ClN4O3/c1-15(2)14-31-20-13-16(7-8-18(20)24)22(30)27-9-11-28(12-10-27)23-25-19-6-4-3-5-17(19)21(29)26-23/h3-8,13,15,17H,9-12,14H2,1-2H3. The van der Waals surface area contributed by atoms with Crippen LogP contribution in [-0.4, -0.2) is 66.1 Å². The van der Waals surface area contributed by atoms with Crippen molar-refractivity contribution < 1.29 is 14.3 Å². The molecule has 1 aliphatic carbocycles. The average molecular weight is 441 g/mol. The van der Waals surface area contributed by atoms with Gasteiger partial charge in [0.05, 0.1) is 17.3 Å². The third kappa shape index (κ3) is 4.71. The Bertz CT molecular complexity index is 1000. The minimum Gasteiger partial charge on any atom is -0.492 e. The van der Waals surface area contributed by atoms with Crippen LogP contribution < -0.4 is 4.74 Å². The molecule has 31 heavy (non-hydrogen) atoms. The number of halogens is 1. The van der Waals surface area contributed by atoms with E-state index < -0.39 is 0 Å². The number of hydrogen-bond acceptors (Lipinski definition) is 5. The van der Waals surface area contributed by atoms with E-state index in [1.807, 2.05) is 29.2 Å². The summed E-state index contributed by atoms with van der Waals surface area (Å²) in [5, 5.41) is 0.492. The molecule has 4 rings (SSSR count). The predicted octanol–water partition coefficient (Wildman–Crippen LogP) is 3.21. The number of allylic oxidation sites excluding steroid dienone is 3. The molecular weight excluding hydrogens is 416 g/mol. The number of carbonyl (C=O) groups excluding carboxylic acids is 2. The van der Waals surface area contributed by atoms with Gasteiger partial charge < -0.3 is 14.5 Å². The quantitative estimate of drug-likeness (QED) is 0.720. The van der Waals surface area contributed by atoms with Crippen LogP contribution in [0.3, 0.4) is 0 Å². The lowest BCUT2D eigenvalue weighted by Gasteiger charge is -2.36. The highest BCUT2D eigenvalue weighted by molar-refractivity contribution is 6.32. The van der Waals surface area contributed by atoms with Crippen molar-refractivity contribution in [1.29, 1.82) is 0 Å². The van der Waals surface area contributed by atoms with Crippen molar-refractivity contribution in [1.82, 2.24) is 9.80 Å². The predicted molar refractivity (Wildman–Crippen MR) is 121 cm³/mol. The smallest absolute Gasteiger partial charge is 0.261 e. The number of carbonyl (C=O) groups is 2. The Morgan fingerprint density at radius 1 is 1.19 bits per heavy atom. The molecule has 1 unspecified atom stereocenters. The van der Waals surface area contributed by atoms with Crippen LogP contribution in [0.5, 0.6) is 5.75 Å². The van der Waals surface area contributed by atoms with Crippen molar-refractivity contribution in [3.05, 3.63) is 53.1 Å². The van der Waals surface area contributed by atoms with Gasteiger partial charge in [-0.2, -0.15) is 4.99 Å². The second-order valence-electron chi connectivity index (χ2n) is 8.14. The van der Waals surface area contributed by atoms with Gasteiger partial charge in [-0.1, -0.05) is 43.7 Å². The van der Waals surface area contributed by atoms with Gasteiger partial charge in [0.25, 0.3) is 11.8 Å². The monoisotopic (exact) mass is 440 g/mol. The first kappa shape index (κ1) is 21.3. The van der Waals surface area contributed by atoms with Gasteiger partial charge in [0.1, 0.15) is 11.7 Å². The van der Waals surface area contributed by atoms with Crippen LogP contribution >= 0.6 is 11.6 Å². The highest BCUT2D eigenvalue weighted by Crippen LogP contribution is 2.27. The number of piperazine rings is 1. The zero-order valence-electron chi connectivity index (χ0n) is 17.6. The summed E-state index contributed by atoms with van der Waals surface area (Å²) in [6.07, 6.45) is 7.36. The molecule has 0 N–H and O–H groups in total. The first-order chi connectivity index (χ1) is 14.9. The molecule has 2 heterocycles. The lowest BCUT2D eigenvalue weighted by Crippen LogP contribution is -2.51. The molecule has 2 amide bonds. The summed E-state index contributed by atoms with van der Waals surface area (Å²) < 4.78 is 5.74. The second-order valence-corrected chi connectivity index (χ2v) is 8.54. The molecule has 0 spiro atoms. The SMILES string of the molecule is CC(C)COc1cc(C(=O)N2CCN(C3=NC(=O)C4C=CC=CC4=N3)CC2)ccc1Cl. The summed E-state index contributed by atoms with van der Waals surface area (Å²) >= 11 is 6.22. The first-order valence-corrected chi connectivity index (χ1v) is 10.8. The number of benzene rings is 1. The Morgan fingerprint density at radius 3 is 2.71 bits per heavy atom. The van der Waals surface area contributed by atoms with Gasteiger partial charge in [-0.15, -0.1) is 0 Å². The van der Waals surface area contributed by atoms with Crippen molar-refractivity contribution >= 4 is 35.1 Å². The van der Waals surface area contributed by atoms with Crippen molar-refractivity contribution in [3.63, 3.8) is 0 Å². The van der Waals surface area contributed by atoms with Crippen LogP contribution in [0.15, 0.2) is 52.5 Å². The van der Waals surface area contributed by atoms with Crippen molar-refractivity contribution in [2.45, 2.75) is 13.8 Å². The van der Waals surface area contributed by atoms with Gasteiger partial charge in [0.15, 0.2) is 0 Å². The molecule has 1 saturated heterocycles. The number of hydrogen-bond donors (Lipinski definition) is 0. The Kier molecular flexibility index (Phi) is 6.23. The molecular formula is C23H25ClN4O3. The van der Waals surface area contributed by atoms with E-state index in [9.17, 15) is 9.59 Å². The van der Waals surface area contributed by atoms with E-state index in [4.69, 9.17) is 16.3 Å². The van der Waals surface area contributed by atoms with Gasteiger partial charge in [-0.25, -0.2) is 4.99 Å². The maximum absolute atomic E-state index is 13.0. The summed E-state index contributed by atoms with van der Waals surface area (Å²) in [5.74, 6) is 0.660. The van der Waals surface area contributed by atoms with Gasteiger partial charge >= 0.3 is 0 Å². The molecule has 0 aromatic heterocycles. The molecule has 1 aromatic carbocycles. The van der Waals surface area contributed by atoms with Gasteiger partial charge in [-0.05, 0) is 30.2 Å². The lowest BCUT2D eigenvalue weighted by molar-refractivity contribution is -0.118. The highest BCUT2D eigenvalue weighted by Gasteiger charge is 2.30. The molecule has 1 atom stereocenters. The molecule has 3 aliphatic rings. The molecule has 0 saturated carbocycles. The topological polar surface area (TPSA) is 74.6 Å². The second kappa shape index (κ2) is 9.06. The maximum Gasteiger partial charge on any atom is 0.261 e. The number of aliphatic imine (C=N–C) groups is 2. The van der Waals surface area contributed by atoms with Crippen LogP contribution in [0, 0.1) is 11.8 Å². The van der Waals surface area contributed by atoms with E-state index in [-0.39, 0.29) is 17.7 Å². The van der Waals surface area contributed by atoms with Gasteiger partial charge in [0.2, 0.25) is 5.96 Å². The largest absolute Gasteiger partial charge is 0.492 e. The maximum atomic E-state index is 13.0. The van der Waals surface area contributed by atoms with Gasteiger partial charge in [0, 0.05) is 31.7 Å².